The zero-order valence-corrected chi connectivity index (χ0v) is 20.2. The summed E-state index contributed by atoms with van der Waals surface area (Å²) in [5.41, 5.74) is 1.66. The van der Waals surface area contributed by atoms with Crippen molar-refractivity contribution < 1.29 is 13.2 Å². The maximum absolute atomic E-state index is 12.8. The minimum atomic E-state index is -4.27. The van der Waals surface area contributed by atoms with Crippen LogP contribution in [0.2, 0.25) is 0 Å². The van der Waals surface area contributed by atoms with Crippen molar-refractivity contribution in [3.8, 4) is 0 Å². The third kappa shape index (κ3) is 4.62. The van der Waals surface area contributed by atoms with Gasteiger partial charge in [-0.05, 0) is 67.1 Å². The van der Waals surface area contributed by atoms with E-state index in [0.29, 0.717) is 5.92 Å². The standard InChI is InChI=1S/C24H29F3N6S/c1-31-21(20-15-28-9-10-29-20)30-32(2)22(31)34-13-3-11-33-12-8-23(16-33)14-19(23)17-4-6-18(7-5-17)24(25,26)27/h4-7,9-10,15,19,22H,3,8,11-14,16H2,1-2H3/t19-,22?,23-/m0/s1. The Morgan fingerprint density at radius 3 is 2.65 bits per heavy atom. The zero-order chi connectivity index (χ0) is 23.9. The number of halogens is 3. The fourth-order valence-electron chi connectivity index (χ4n) is 5.32. The van der Waals surface area contributed by atoms with Gasteiger partial charge in [-0.1, -0.05) is 12.1 Å². The summed E-state index contributed by atoms with van der Waals surface area (Å²) >= 11 is 1.87. The van der Waals surface area contributed by atoms with Crippen molar-refractivity contribution in [3.05, 3.63) is 59.7 Å². The van der Waals surface area contributed by atoms with E-state index in [2.05, 4.69) is 24.9 Å². The molecular weight excluding hydrogens is 461 g/mol. The third-order valence-electron chi connectivity index (χ3n) is 7.21. The molecule has 0 bridgehead atoms. The van der Waals surface area contributed by atoms with Crippen molar-refractivity contribution in [1.82, 2.24) is 24.8 Å². The fraction of sp³-hybridized carbons (Fsp3) is 0.542. The number of hydrazone groups is 1. The number of likely N-dealkylation sites (tertiary alicyclic amines) is 1. The summed E-state index contributed by atoms with van der Waals surface area (Å²) in [5.74, 6) is 2.25. The number of alkyl halides is 3. The molecule has 2 aliphatic heterocycles. The first kappa shape index (κ1) is 23.4. The Kier molecular flexibility index (Phi) is 6.22. The smallest absolute Gasteiger partial charge is 0.326 e. The minimum Gasteiger partial charge on any atom is -0.326 e. The van der Waals surface area contributed by atoms with Gasteiger partial charge in [0.15, 0.2) is 11.3 Å². The molecule has 3 heterocycles. The second kappa shape index (κ2) is 9.03. The first-order valence-corrected chi connectivity index (χ1v) is 12.6. The number of thioether (sulfide) groups is 1. The summed E-state index contributed by atoms with van der Waals surface area (Å²) in [6, 6.07) is 5.80. The van der Waals surface area contributed by atoms with E-state index in [0.717, 1.165) is 61.7 Å². The molecule has 1 saturated heterocycles. The highest BCUT2D eigenvalue weighted by Crippen LogP contribution is 2.64. The lowest BCUT2D eigenvalue weighted by Crippen LogP contribution is -2.36. The highest BCUT2D eigenvalue weighted by atomic mass is 32.2. The van der Waals surface area contributed by atoms with Crippen molar-refractivity contribution in [2.24, 2.45) is 10.5 Å². The zero-order valence-electron chi connectivity index (χ0n) is 19.4. The van der Waals surface area contributed by atoms with Crippen LogP contribution in [-0.4, -0.2) is 75.6 Å². The lowest BCUT2D eigenvalue weighted by Gasteiger charge is -2.26. The van der Waals surface area contributed by atoms with Crippen LogP contribution in [0, 0.1) is 5.41 Å². The Balaban J connectivity index is 1.06. The van der Waals surface area contributed by atoms with Crippen LogP contribution in [0.4, 0.5) is 13.2 Å². The predicted molar refractivity (Wildman–Crippen MR) is 127 cm³/mol. The lowest BCUT2D eigenvalue weighted by atomic mass is 9.97. The van der Waals surface area contributed by atoms with Crippen molar-refractivity contribution in [2.45, 2.75) is 36.9 Å². The summed E-state index contributed by atoms with van der Waals surface area (Å²) in [6.07, 6.45) is 4.10. The van der Waals surface area contributed by atoms with Crippen molar-refractivity contribution in [3.63, 3.8) is 0 Å². The maximum Gasteiger partial charge on any atom is 0.416 e. The van der Waals surface area contributed by atoms with Crippen LogP contribution in [-0.2, 0) is 6.18 Å². The largest absolute Gasteiger partial charge is 0.416 e. The first-order chi connectivity index (χ1) is 16.3. The van der Waals surface area contributed by atoms with Gasteiger partial charge in [-0.2, -0.15) is 18.3 Å². The molecule has 6 nitrogen and oxygen atoms in total. The molecule has 3 atom stereocenters. The van der Waals surface area contributed by atoms with E-state index in [1.54, 1.807) is 30.7 Å². The average molecular weight is 491 g/mol. The summed E-state index contributed by atoms with van der Waals surface area (Å²) in [4.78, 5) is 13.2. The Morgan fingerprint density at radius 1 is 1.15 bits per heavy atom. The van der Waals surface area contributed by atoms with Crippen LogP contribution in [0.25, 0.3) is 0 Å². The van der Waals surface area contributed by atoms with E-state index in [-0.39, 0.29) is 10.9 Å². The highest BCUT2D eigenvalue weighted by molar-refractivity contribution is 7.99. The van der Waals surface area contributed by atoms with Crippen LogP contribution >= 0.6 is 11.8 Å². The monoisotopic (exact) mass is 490 g/mol. The molecule has 34 heavy (non-hydrogen) atoms. The molecule has 2 fully saturated rings. The van der Waals surface area contributed by atoms with Gasteiger partial charge in [0.05, 0.1) is 11.8 Å². The molecule has 5 rings (SSSR count). The second-order valence-electron chi connectivity index (χ2n) is 9.51. The highest BCUT2D eigenvalue weighted by Gasteiger charge is 2.57. The van der Waals surface area contributed by atoms with E-state index < -0.39 is 11.7 Å². The number of hydrogen-bond donors (Lipinski definition) is 0. The van der Waals surface area contributed by atoms with Gasteiger partial charge in [0, 0.05) is 33.0 Å². The van der Waals surface area contributed by atoms with Gasteiger partial charge >= 0.3 is 6.18 Å². The van der Waals surface area contributed by atoms with Crippen molar-refractivity contribution >= 4 is 17.6 Å². The molecule has 0 radical (unpaired) electrons. The summed E-state index contributed by atoms with van der Waals surface area (Å²) < 4.78 is 38.5. The van der Waals surface area contributed by atoms with Gasteiger partial charge in [-0.25, -0.2) is 4.98 Å². The van der Waals surface area contributed by atoms with Gasteiger partial charge in [-0.15, -0.1) is 11.8 Å². The van der Waals surface area contributed by atoms with Crippen LogP contribution in [0.5, 0.6) is 0 Å². The molecule has 10 heteroatoms. The Bertz CT molecular complexity index is 1030. The molecule has 1 spiro atoms. The maximum atomic E-state index is 12.8. The Labute approximate surface area is 202 Å². The normalized spacial score (nSPS) is 27.0. The van der Waals surface area contributed by atoms with Gasteiger partial charge in [-0.3, -0.25) is 9.99 Å². The Morgan fingerprint density at radius 2 is 1.94 bits per heavy atom. The summed E-state index contributed by atoms with van der Waals surface area (Å²) in [6.45, 7) is 3.17. The molecule has 1 aliphatic carbocycles. The molecule has 182 valence electrons. The lowest BCUT2D eigenvalue weighted by molar-refractivity contribution is -0.137. The molecule has 1 aromatic carbocycles. The van der Waals surface area contributed by atoms with Gasteiger partial charge in [0.1, 0.15) is 5.69 Å². The number of amidine groups is 1. The number of aromatic nitrogens is 2. The molecule has 3 aliphatic rings. The summed E-state index contributed by atoms with van der Waals surface area (Å²) in [5, 5.41) is 6.61. The van der Waals surface area contributed by atoms with E-state index in [4.69, 9.17) is 0 Å². The van der Waals surface area contributed by atoms with Gasteiger partial charge in [0.25, 0.3) is 0 Å². The molecule has 1 aromatic heterocycles. The molecule has 2 aromatic rings. The molecule has 0 N–H and O–H groups in total. The number of hydrogen-bond acceptors (Lipinski definition) is 7. The van der Waals surface area contributed by atoms with Crippen LogP contribution in [0.3, 0.4) is 0 Å². The number of rotatable bonds is 7. The average Bonchev–Trinajstić information content (AvgIpc) is 3.25. The van der Waals surface area contributed by atoms with Crippen LogP contribution in [0.15, 0.2) is 48.0 Å². The Hall–Kier alpha value is -2.33. The quantitative estimate of drug-likeness (QED) is 0.539. The fourth-order valence-corrected chi connectivity index (χ4v) is 6.41. The summed E-state index contributed by atoms with van der Waals surface area (Å²) in [7, 11) is 4.02. The number of nitrogens with zero attached hydrogens (tertiary/aromatic N) is 6. The molecule has 1 saturated carbocycles. The van der Waals surface area contributed by atoms with Crippen molar-refractivity contribution in [2.75, 3.05) is 39.5 Å². The third-order valence-corrected chi connectivity index (χ3v) is 8.65. The molecule has 0 amide bonds. The van der Waals surface area contributed by atoms with E-state index in [1.807, 2.05) is 30.9 Å². The predicted octanol–water partition coefficient (Wildman–Crippen LogP) is 4.32. The minimum absolute atomic E-state index is 0.134. The van der Waals surface area contributed by atoms with Crippen molar-refractivity contribution in [1.29, 1.82) is 0 Å². The topological polar surface area (TPSA) is 47.9 Å². The first-order valence-electron chi connectivity index (χ1n) is 11.6. The molecular formula is C24H29F3N6S. The van der Waals surface area contributed by atoms with E-state index >= 15 is 0 Å². The second-order valence-corrected chi connectivity index (χ2v) is 10.7. The number of benzene rings is 1. The van der Waals surface area contributed by atoms with Crippen LogP contribution in [0.1, 0.15) is 42.0 Å². The SMILES string of the molecule is CN1N=C(c2cnccn2)N(C)C1SCCCN1CC[C@]2(C[C@H]2c2ccc(C(F)(F)F)cc2)C1. The van der Waals surface area contributed by atoms with Crippen LogP contribution < -0.4 is 0 Å². The van der Waals surface area contributed by atoms with E-state index in [9.17, 15) is 13.2 Å². The van der Waals surface area contributed by atoms with E-state index in [1.165, 1.54) is 12.1 Å². The van der Waals surface area contributed by atoms with Gasteiger partial charge in [0.2, 0.25) is 0 Å². The van der Waals surface area contributed by atoms with Gasteiger partial charge < -0.3 is 9.80 Å². The molecule has 1 unspecified atom stereocenters.